The molecule has 0 aliphatic rings. The third-order valence-corrected chi connectivity index (χ3v) is 1.34. The molecule has 1 atom stereocenters. The molecule has 1 aromatic rings. The van der Waals surface area contributed by atoms with E-state index in [1.165, 1.54) is 6.92 Å². The maximum atomic E-state index is 12.4. The van der Waals surface area contributed by atoms with Crippen LogP contribution in [0.4, 0.5) is 4.39 Å². The summed E-state index contributed by atoms with van der Waals surface area (Å²) in [5.74, 6) is 0.280. The fourth-order valence-electron chi connectivity index (χ4n) is 0.860. The van der Waals surface area contributed by atoms with Crippen molar-refractivity contribution in [2.45, 2.75) is 13.3 Å². The molecule has 64 valence electrons. The van der Waals surface area contributed by atoms with E-state index >= 15 is 0 Å². The van der Waals surface area contributed by atoms with E-state index in [0.717, 1.165) is 0 Å². The Morgan fingerprint density at radius 3 is 2.75 bits per heavy atom. The van der Waals surface area contributed by atoms with Crippen LogP contribution in [0.5, 0.6) is 5.75 Å². The number of hydrogen-bond donors (Lipinski definition) is 0. The van der Waals surface area contributed by atoms with Gasteiger partial charge in [-0.1, -0.05) is 12.1 Å². The maximum Gasteiger partial charge on any atom is 0.235 e. The second-order valence-electron chi connectivity index (χ2n) is 2.32. The molecule has 0 amide bonds. The van der Waals surface area contributed by atoms with Gasteiger partial charge < -0.3 is 4.74 Å². The first-order valence-electron chi connectivity index (χ1n) is 3.59. The van der Waals surface area contributed by atoms with Crippen LogP contribution in [0.1, 0.15) is 17.3 Å². The summed E-state index contributed by atoms with van der Waals surface area (Å²) in [6.45, 7) is 1.27. The third kappa shape index (κ3) is 2.05. The molecule has 0 saturated heterocycles. The number of carbonyl (C=O) groups excluding carboxylic acids is 1. The number of alkyl halides is 1. The largest absolute Gasteiger partial charge is 0.460 e. The van der Waals surface area contributed by atoms with E-state index in [0.29, 0.717) is 11.8 Å². The second kappa shape index (κ2) is 3.85. The molecule has 0 N–H and O–H groups in total. The molecule has 1 rings (SSSR count). The topological polar surface area (TPSA) is 26.3 Å². The molecule has 0 aromatic heterocycles. The van der Waals surface area contributed by atoms with E-state index < -0.39 is 6.36 Å². The van der Waals surface area contributed by atoms with E-state index in [1.807, 2.05) is 0 Å². The lowest BCUT2D eigenvalue weighted by Gasteiger charge is -2.07. The average molecular weight is 168 g/mol. The summed E-state index contributed by atoms with van der Waals surface area (Å²) < 4.78 is 17.1. The van der Waals surface area contributed by atoms with Crippen molar-refractivity contribution in [1.82, 2.24) is 0 Å². The van der Waals surface area contributed by atoms with E-state index in [4.69, 9.17) is 4.74 Å². The highest BCUT2D eigenvalue weighted by Crippen LogP contribution is 2.17. The monoisotopic (exact) mass is 168 g/mol. The first-order chi connectivity index (χ1) is 5.74. The number of hydrogen-bond acceptors (Lipinski definition) is 2. The van der Waals surface area contributed by atoms with Crippen molar-refractivity contribution in [3.8, 4) is 5.75 Å². The Hall–Kier alpha value is -1.38. The number of rotatable bonds is 3. The molecule has 0 heterocycles. The SMILES string of the molecule is CC(F)Oc1ccccc1C=O. The number of halogens is 1. The summed E-state index contributed by atoms with van der Waals surface area (Å²) in [6.07, 6.45) is -0.761. The highest BCUT2D eigenvalue weighted by atomic mass is 19.1. The van der Waals surface area contributed by atoms with Gasteiger partial charge in [0.25, 0.3) is 0 Å². The van der Waals surface area contributed by atoms with E-state index in [1.54, 1.807) is 24.3 Å². The Balaban J connectivity index is 2.89. The van der Waals surface area contributed by atoms with Gasteiger partial charge in [-0.15, -0.1) is 0 Å². The minimum atomic E-state index is -1.40. The molecule has 0 aliphatic carbocycles. The molecular weight excluding hydrogens is 159 g/mol. The van der Waals surface area contributed by atoms with Gasteiger partial charge in [-0.3, -0.25) is 4.79 Å². The van der Waals surface area contributed by atoms with Crippen molar-refractivity contribution in [3.05, 3.63) is 29.8 Å². The number of para-hydroxylation sites is 1. The minimum absolute atomic E-state index is 0.280. The lowest BCUT2D eigenvalue weighted by molar-refractivity contribution is 0.0843. The Bertz CT molecular complexity index is 271. The molecule has 12 heavy (non-hydrogen) atoms. The lowest BCUT2D eigenvalue weighted by atomic mass is 10.2. The van der Waals surface area contributed by atoms with Crippen LogP contribution in [-0.2, 0) is 0 Å². The Kier molecular flexibility index (Phi) is 2.80. The zero-order valence-corrected chi connectivity index (χ0v) is 6.66. The van der Waals surface area contributed by atoms with Crippen LogP contribution in [0, 0.1) is 0 Å². The van der Waals surface area contributed by atoms with E-state index in [-0.39, 0.29) is 5.75 Å². The summed E-state index contributed by atoms with van der Waals surface area (Å²) in [5, 5.41) is 0. The maximum absolute atomic E-state index is 12.4. The van der Waals surface area contributed by atoms with Crippen molar-refractivity contribution in [3.63, 3.8) is 0 Å². The summed E-state index contributed by atoms with van der Waals surface area (Å²) in [5.41, 5.74) is 0.363. The molecule has 0 fully saturated rings. The van der Waals surface area contributed by atoms with Gasteiger partial charge in [-0.25, -0.2) is 4.39 Å². The van der Waals surface area contributed by atoms with Crippen LogP contribution in [0.3, 0.4) is 0 Å². The molecular formula is C9H9FO2. The van der Waals surface area contributed by atoms with E-state index in [2.05, 4.69) is 0 Å². The highest BCUT2D eigenvalue weighted by Gasteiger charge is 2.04. The highest BCUT2D eigenvalue weighted by molar-refractivity contribution is 5.79. The molecule has 0 radical (unpaired) electrons. The second-order valence-corrected chi connectivity index (χ2v) is 2.32. The van der Waals surface area contributed by atoms with Crippen LogP contribution < -0.4 is 4.74 Å². The van der Waals surface area contributed by atoms with Gasteiger partial charge in [0.2, 0.25) is 6.36 Å². The molecule has 0 saturated carbocycles. The van der Waals surface area contributed by atoms with Crippen molar-refractivity contribution < 1.29 is 13.9 Å². The number of ether oxygens (including phenoxy) is 1. The molecule has 1 unspecified atom stereocenters. The predicted molar refractivity (Wildman–Crippen MR) is 43.0 cm³/mol. The van der Waals surface area contributed by atoms with Gasteiger partial charge in [0.1, 0.15) is 5.75 Å². The summed E-state index contributed by atoms with van der Waals surface area (Å²) in [4.78, 5) is 10.4. The smallest absolute Gasteiger partial charge is 0.235 e. The van der Waals surface area contributed by atoms with Crippen molar-refractivity contribution in [2.24, 2.45) is 0 Å². The van der Waals surface area contributed by atoms with Crippen molar-refractivity contribution >= 4 is 6.29 Å². The van der Waals surface area contributed by atoms with Gasteiger partial charge in [-0.2, -0.15) is 0 Å². The van der Waals surface area contributed by atoms with Crippen LogP contribution in [0.25, 0.3) is 0 Å². The van der Waals surface area contributed by atoms with Gasteiger partial charge in [0.05, 0.1) is 5.56 Å². The summed E-state index contributed by atoms with van der Waals surface area (Å²) in [7, 11) is 0. The van der Waals surface area contributed by atoms with Gasteiger partial charge >= 0.3 is 0 Å². The van der Waals surface area contributed by atoms with Crippen LogP contribution in [0.15, 0.2) is 24.3 Å². The predicted octanol–water partition coefficient (Wildman–Crippen LogP) is 2.19. The van der Waals surface area contributed by atoms with Crippen LogP contribution in [0.2, 0.25) is 0 Å². The third-order valence-electron chi connectivity index (χ3n) is 1.34. The van der Waals surface area contributed by atoms with Gasteiger partial charge in [-0.05, 0) is 12.1 Å². The lowest BCUT2D eigenvalue weighted by Crippen LogP contribution is -2.05. The zero-order chi connectivity index (χ0) is 8.97. The fraction of sp³-hybridized carbons (Fsp3) is 0.222. The molecule has 0 spiro atoms. The Morgan fingerprint density at radius 2 is 2.17 bits per heavy atom. The van der Waals surface area contributed by atoms with Crippen LogP contribution >= 0.6 is 0 Å². The molecule has 0 bridgehead atoms. The van der Waals surface area contributed by atoms with E-state index in [9.17, 15) is 9.18 Å². The molecule has 1 aromatic carbocycles. The van der Waals surface area contributed by atoms with Crippen molar-refractivity contribution in [1.29, 1.82) is 0 Å². The first kappa shape index (κ1) is 8.71. The number of aldehydes is 1. The fourth-order valence-corrected chi connectivity index (χ4v) is 0.860. The molecule has 3 heteroatoms. The molecule has 2 nitrogen and oxygen atoms in total. The summed E-state index contributed by atoms with van der Waals surface area (Å²) >= 11 is 0. The van der Waals surface area contributed by atoms with Gasteiger partial charge in [0.15, 0.2) is 6.29 Å². The van der Waals surface area contributed by atoms with Crippen LogP contribution in [-0.4, -0.2) is 12.6 Å². The Labute approximate surface area is 70.0 Å². The molecule has 0 aliphatic heterocycles. The Morgan fingerprint density at radius 1 is 1.50 bits per heavy atom. The zero-order valence-electron chi connectivity index (χ0n) is 6.66. The number of carbonyl (C=O) groups is 1. The first-order valence-corrected chi connectivity index (χ1v) is 3.59. The number of benzene rings is 1. The van der Waals surface area contributed by atoms with Gasteiger partial charge in [0, 0.05) is 6.92 Å². The standard InChI is InChI=1S/C9H9FO2/c1-7(10)12-9-5-3-2-4-8(9)6-11/h2-7H,1H3. The summed E-state index contributed by atoms with van der Waals surface area (Å²) in [6, 6.07) is 6.51. The quantitative estimate of drug-likeness (QED) is 0.646. The minimum Gasteiger partial charge on any atom is -0.460 e. The average Bonchev–Trinajstić information content (AvgIpc) is 2.04. The normalized spacial score (nSPS) is 12.2. The van der Waals surface area contributed by atoms with Crippen molar-refractivity contribution in [2.75, 3.05) is 0 Å².